The Labute approximate surface area is 118 Å². The van der Waals surface area contributed by atoms with Crippen LogP contribution in [0.4, 0.5) is 0 Å². The second kappa shape index (κ2) is 5.56. The number of ether oxygens (including phenoxy) is 1. The Kier molecular flexibility index (Phi) is 3.78. The normalized spacial score (nSPS) is 23.0. The molecule has 2 fully saturated rings. The molecule has 1 aromatic heterocycles. The lowest BCUT2D eigenvalue weighted by Gasteiger charge is -2.32. The van der Waals surface area contributed by atoms with E-state index in [1.54, 1.807) is 0 Å². The lowest BCUT2D eigenvalue weighted by Crippen LogP contribution is -2.39. The maximum Gasteiger partial charge on any atom is 0.310 e. The van der Waals surface area contributed by atoms with Crippen LogP contribution in [0.2, 0.25) is 0 Å². The minimum atomic E-state index is -0.712. The average Bonchev–Trinajstić information content (AvgIpc) is 3.10. The Morgan fingerprint density at radius 2 is 2.10 bits per heavy atom. The average molecular weight is 278 g/mol. The van der Waals surface area contributed by atoms with Gasteiger partial charge in [0.2, 0.25) is 0 Å². The molecule has 1 aliphatic carbocycles. The zero-order valence-corrected chi connectivity index (χ0v) is 11.8. The predicted octanol–water partition coefficient (Wildman–Crippen LogP) is 2.42. The van der Waals surface area contributed by atoms with Crippen molar-refractivity contribution in [3.8, 4) is 0 Å². The molecule has 1 saturated carbocycles. The Bertz CT molecular complexity index is 471. The maximum absolute atomic E-state index is 11.7. The molecular formula is C15H22N2O3. The number of rotatable bonds is 4. The van der Waals surface area contributed by atoms with Crippen LogP contribution in [-0.2, 0) is 16.0 Å². The summed E-state index contributed by atoms with van der Waals surface area (Å²) in [5.74, 6) is -0.712. The van der Waals surface area contributed by atoms with Crippen molar-refractivity contribution in [1.82, 2.24) is 9.78 Å². The van der Waals surface area contributed by atoms with Crippen LogP contribution >= 0.6 is 0 Å². The lowest BCUT2D eigenvalue weighted by atomic mass is 9.76. The highest BCUT2D eigenvalue weighted by molar-refractivity contribution is 5.75. The van der Waals surface area contributed by atoms with Crippen LogP contribution in [0.5, 0.6) is 0 Å². The highest BCUT2D eigenvalue weighted by Gasteiger charge is 2.40. The van der Waals surface area contributed by atoms with Crippen LogP contribution < -0.4 is 0 Å². The van der Waals surface area contributed by atoms with Gasteiger partial charge in [0.15, 0.2) is 0 Å². The van der Waals surface area contributed by atoms with Gasteiger partial charge >= 0.3 is 5.97 Å². The molecule has 0 atom stereocenters. The monoisotopic (exact) mass is 278 g/mol. The van der Waals surface area contributed by atoms with E-state index >= 15 is 0 Å². The lowest BCUT2D eigenvalue weighted by molar-refractivity contribution is -0.154. The van der Waals surface area contributed by atoms with Crippen LogP contribution in [0.25, 0.3) is 0 Å². The highest BCUT2D eigenvalue weighted by Crippen LogP contribution is 2.35. The van der Waals surface area contributed by atoms with E-state index in [2.05, 4.69) is 5.10 Å². The molecule has 1 aliphatic heterocycles. The minimum Gasteiger partial charge on any atom is -0.481 e. The third-order valence-corrected chi connectivity index (χ3v) is 4.79. The first-order valence-electron chi connectivity index (χ1n) is 7.55. The molecule has 0 radical (unpaired) electrons. The van der Waals surface area contributed by atoms with E-state index in [9.17, 15) is 9.90 Å². The quantitative estimate of drug-likeness (QED) is 0.918. The summed E-state index contributed by atoms with van der Waals surface area (Å²) in [5, 5.41) is 14.2. The fourth-order valence-electron chi connectivity index (χ4n) is 3.42. The van der Waals surface area contributed by atoms with Crippen molar-refractivity contribution >= 4 is 5.97 Å². The van der Waals surface area contributed by atoms with Gasteiger partial charge in [-0.15, -0.1) is 0 Å². The van der Waals surface area contributed by atoms with Crippen LogP contribution in [0.1, 0.15) is 50.3 Å². The number of nitrogens with zero attached hydrogens (tertiary/aromatic N) is 2. The number of carboxylic acid groups (broad SMARTS) is 1. The van der Waals surface area contributed by atoms with Crippen molar-refractivity contribution in [3.63, 3.8) is 0 Å². The Balaban J connectivity index is 1.73. The zero-order chi connectivity index (χ0) is 14.0. The molecule has 2 heterocycles. The molecule has 3 rings (SSSR count). The van der Waals surface area contributed by atoms with E-state index < -0.39 is 11.4 Å². The molecule has 0 spiro atoms. The van der Waals surface area contributed by atoms with Crippen LogP contribution in [-0.4, -0.2) is 34.1 Å². The van der Waals surface area contributed by atoms with Gasteiger partial charge in [-0.05, 0) is 31.7 Å². The largest absolute Gasteiger partial charge is 0.481 e. The van der Waals surface area contributed by atoms with Crippen molar-refractivity contribution in [1.29, 1.82) is 0 Å². The number of hydrogen-bond acceptors (Lipinski definition) is 3. The smallest absolute Gasteiger partial charge is 0.310 e. The SMILES string of the molecule is O=C(O)C1(Cc2ccn(C3CCCC3)n2)CCOCC1. The van der Waals surface area contributed by atoms with Gasteiger partial charge in [-0.2, -0.15) is 5.10 Å². The summed E-state index contributed by atoms with van der Waals surface area (Å²) in [7, 11) is 0. The van der Waals surface area contributed by atoms with E-state index in [-0.39, 0.29) is 0 Å². The fourth-order valence-corrected chi connectivity index (χ4v) is 3.42. The number of aliphatic carboxylic acids is 1. The van der Waals surface area contributed by atoms with Gasteiger partial charge in [0.1, 0.15) is 0 Å². The first-order valence-corrected chi connectivity index (χ1v) is 7.55. The second-order valence-electron chi connectivity index (χ2n) is 6.10. The van der Waals surface area contributed by atoms with Crippen molar-refractivity contribution < 1.29 is 14.6 Å². The topological polar surface area (TPSA) is 64.3 Å². The summed E-state index contributed by atoms with van der Waals surface area (Å²) in [5.41, 5.74) is 0.216. The fraction of sp³-hybridized carbons (Fsp3) is 0.733. The number of carbonyl (C=O) groups is 1. The molecule has 0 amide bonds. The summed E-state index contributed by atoms with van der Waals surface area (Å²) in [6.07, 6.45) is 8.63. The summed E-state index contributed by atoms with van der Waals surface area (Å²) >= 11 is 0. The summed E-state index contributed by atoms with van der Waals surface area (Å²) in [4.78, 5) is 11.7. The molecular weight excluding hydrogens is 256 g/mol. The molecule has 0 bridgehead atoms. The molecule has 20 heavy (non-hydrogen) atoms. The van der Waals surface area contributed by atoms with Crippen LogP contribution in [0, 0.1) is 5.41 Å². The van der Waals surface area contributed by atoms with Gasteiger partial charge in [-0.1, -0.05) is 12.8 Å². The number of hydrogen-bond donors (Lipinski definition) is 1. The van der Waals surface area contributed by atoms with Gasteiger partial charge < -0.3 is 9.84 Å². The molecule has 1 saturated heterocycles. The van der Waals surface area contributed by atoms with Crippen LogP contribution in [0.3, 0.4) is 0 Å². The van der Waals surface area contributed by atoms with Crippen molar-refractivity contribution in [2.24, 2.45) is 5.41 Å². The van der Waals surface area contributed by atoms with Gasteiger partial charge in [0, 0.05) is 25.8 Å². The Morgan fingerprint density at radius 3 is 2.75 bits per heavy atom. The number of carboxylic acids is 1. The molecule has 5 nitrogen and oxygen atoms in total. The molecule has 0 unspecified atom stereocenters. The Morgan fingerprint density at radius 1 is 1.40 bits per heavy atom. The van der Waals surface area contributed by atoms with E-state index in [1.807, 2.05) is 16.9 Å². The summed E-state index contributed by atoms with van der Waals surface area (Å²) < 4.78 is 7.35. The van der Waals surface area contributed by atoms with Crippen molar-refractivity contribution in [2.75, 3.05) is 13.2 Å². The summed E-state index contributed by atoms with van der Waals surface area (Å²) in [6.45, 7) is 1.07. The first kappa shape index (κ1) is 13.6. The van der Waals surface area contributed by atoms with Gasteiger partial charge in [0.05, 0.1) is 17.2 Å². The third-order valence-electron chi connectivity index (χ3n) is 4.79. The second-order valence-corrected chi connectivity index (χ2v) is 6.10. The molecule has 0 aromatic carbocycles. The van der Waals surface area contributed by atoms with Crippen LogP contribution in [0.15, 0.2) is 12.3 Å². The standard InChI is InChI=1S/C15H22N2O3/c18-14(19)15(6-9-20-10-7-15)11-12-5-8-17(16-12)13-3-1-2-4-13/h5,8,13H,1-4,6-7,9-11H2,(H,18,19). The van der Waals surface area contributed by atoms with Crippen molar-refractivity contribution in [2.45, 2.75) is 51.0 Å². The molecule has 1 N–H and O–H groups in total. The third kappa shape index (κ3) is 2.59. The van der Waals surface area contributed by atoms with E-state index in [0.29, 0.717) is 38.5 Å². The van der Waals surface area contributed by atoms with E-state index in [1.165, 1.54) is 25.7 Å². The van der Waals surface area contributed by atoms with Crippen molar-refractivity contribution in [3.05, 3.63) is 18.0 Å². The zero-order valence-electron chi connectivity index (χ0n) is 11.8. The van der Waals surface area contributed by atoms with Gasteiger partial charge in [0.25, 0.3) is 0 Å². The molecule has 110 valence electrons. The highest BCUT2D eigenvalue weighted by atomic mass is 16.5. The van der Waals surface area contributed by atoms with Gasteiger partial charge in [-0.3, -0.25) is 9.48 Å². The van der Waals surface area contributed by atoms with E-state index in [4.69, 9.17) is 4.74 Å². The molecule has 5 heteroatoms. The minimum absolute atomic E-state index is 0.513. The molecule has 1 aromatic rings. The first-order chi connectivity index (χ1) is 9.70. The summed E-state index contributed by atoms with van der Waals surface area (Å²) in [6, 6.07) is 2.50. The number of aromatic nitrogens is 2. The van der Waals surface area contributed by atoms with Gasteiger partial charge in [-0.25, -0.2) is 0 Å². The Hall–Kier alpha value is -1.36. The maximum atomic E-state index is 11.7. The predicted molar refractivity (Wildman–Crippen MR) is 73.6 cm³/mol. The van der Waals surface area contributed by atoms with E-state index in [0.717, 1.165) is 5.69 Å². The molecule has 2 aliphatic rings.